The second-order valence-corrected chi connectivity index (χ2v) is 15.0. The third kappa shape index (κ3) is 6.77. The zero-order chi connectivity index (χ0) is 36.0. The van der Waals surface area contributed by atoms with Gasteiger partial charge in [-0.25, -0.2) is 9.59 Å². The Labute approximate surface area is 295 Å². The molecule has 8 rings (SSSR count). The number of hydrogen-bond donors (Lipinski definition) is 3. The van der Waals surface area contributed by atoms with Crippen molar-refractivity contribution < 1.29 is 39.0 Å². The number of nitrogens with one attached hydrogen (secondary N) is 1. The number of carboxylic acid groups (broad SMARTS) is 2. The molecule has 0 saturated heterocycles. The van der Waals surface area contributed by atoms with Gasteiger partial charge >= 0.3 is 11.9 Å². The number of aromatic carboxylic acids is 2. The van der Waals surface area contributed by atoms with E-state index in [2.05, 4.69) is 5.32 Å². The molecule has 3 aromatic carbocycles. The van der Waals surface area contributed by atoms with E-state index in [-0.39, 0.29) is 40.2 Å². The van der Waals surface area contributed by atoms with E-state index >= 15 is 4.79 Å². The highest BCUT2D eigenvalue weighted by Crippen LogP contribution is 2.62. The van der Waals surface area contributed by atoms with Gasteiger partial charge in [0, 0.05) is 24.6 Å². The van der Waals surface area contributed by atoms with Crippen molar-refractivity contribution in [2.45, 2.75) is 76.9 Å². The number of Topliss-reactive ketones (excluding diaryl/α,β-unsaturated/α-hetero) is 1. The van der Waals surface area contributed by atoms with E-state index < -0.39 is 48.0 Å². The van der Waals surface area contributed by atoms with Crippen molar-refractivity contribution in [3.8, 4) is 0 Å². The highest BCUT2D eigenvalue weighted by molar-refractivity contribution is 6.11. The number of anilines is 2. The largest absolute Gasteiger partial charge is 0.478 e. The third-order valence-electron chi connectivity index (χ3n) is 11.4. The van der Waals surface area contributed by atoms with Crippen LogP contribution in [0.2, 0.25) is 0 Å². The lowest BCUT2D eigenvalue weighted by molar-refractivity contribution is -0.148. The first-order valence-corrected chi connectivity index (χ1v) is 17.6. The third-order valence-corrected chi connectivity index (χ3v) is 11.4. The summed E-state index contributed by atoms with van der Waals surface area (Å²) >= 11 is 0. The molecule has 1 aliphatic heterocycles. The number of benzene rings is 3. The van der Waals surface area contributed by atoms with E-state index in [1.165, 1.54) is 31.1 Å². The Hall–Kier alpha value is -5.32. The molecule has 264 valence electrons. The predicted molar refractivity (Wildman–Crippen MR) is 187 cm³/mol. The molecule has 4 bridgehead atoms. The van der Waals surface area contributed by atoms with Gasteiger partial charge in [0.1, 0.15) is 12.1 Å². The molecule has 2 atom stereocenters. The van der Waals surface area contributed by atoms with Crippen molar-refractivity contribution in [1.29, 1.82) is 0 Å². The Kier molecular flexibility index (Phi) is 8.99. The first-order chi connectivity index (χ1) is 24.4. The molecule has 4 fully saturated rings. The van der Waals surface area contributed by atoms with Gasteiger partial charge in [-0.1, -0.05) is 42.5 Å². The van der Waals surface area contributed by atoms with Crippen LogP contribution >= 0.6 is 0 Å². The Balaban J connectivity index is 1.35. The van der Waals surface area contributed by atoms with E-state index in [1.807, 2.05) is 30.3 Å². The van der Waals surface area contributed by atoms with Crippen molar-refractivity contribution in [3.05, 3.63) is 95.1 Å². The first-order valence-electron chi connectivity index (χ1n) is 17.6. The molecular weight excluding hydrogens is 650 g/mol. The first kappa shape index (κ1) is 34.1. The summed E-state index contributed by atoms with van der Waals surface area (Å²) in [6.45, 7) is 1.44. The molecular formula is C40H41N3O8. The topological polar surface area (TPSA) is 161 Å². The van der Waals surface area contributed by atoms with Crippen LogP contribution in [0.5, 0.6) is 0 Å². The molecule has 1 heterocycles. The molecule has 3 aromatic rings. The van der Waals surface area contributed by atoms with Crippen molar-refractivity contribution in [1.82, 2.24) is 4.90 Å². The fraction of sp³-hybridized carbons (Fsp3) is 0.400. The number of hydrogen-bond acceptors (Lipinski definition) is 6. The van der Waals surface area contributed by atoms with E-state index in [1.54, 1.807) is 29.2 Å². The molecule has 3 N–H and O–H groups in total. The zero-order valence-corrected chi connectivity index (χ0v) is 28.4. The normalized spacial score (nSPS) is 26.9. The number of nitrogens with zero attached hydrogens (tertiary/aromatic N) is 2. The van der Waals surface area contributed by atoms with Gasteiger partial charge in [-0.15, -0.1) is 0 Å². The molecule has 4 aliphatic carbocycles. The summed E-state index contributed by atoms with van der Waals surface area (Å²) in [5.74, 6) is -3.34. The van der Waals surface area contributed by atoms with Crippen molar-refractivity contribution in [2.75, 3.05) is 10.2 Å². The van der Waals surface area contributed by atoms with Crippen LogP contribution in [-0.4, -0.2) is 62.6 Å². The van der Waals surface area contributed by atoms with E-state index in [9.17, 15) is 34.2 Å². The highest BCUT2D eigenvalue weighted by Gasteiger charge is 2.54. The van der Waals surface area contributed by atoms with E-state index in [0.29, 0.717) is 29.9 Å². The lowest BCUT2D eigenvalue weighted by atomic mass is 9.48. The van der Waals surface area contributed by atoms with Gasteiger partial charge < -0.3 is 25.3 Å². The number of carboxylic acids is 2. The number of amides is 3. The zero-order valence-electron chi connectivity index (χ0n) is 28.4. The Bertz CT molecular complexity index is 1860. The maximum atomic E-state index is 15.3. The minimum absolute atomic E-state index is 0.122. The maximum absolute atomic E-state index is 15.3. The Morgan fingerprint density at radius 1 is 0.804 bits per heavy atom. The molecule has 0 unspecified atom stereocenters. The van der Waals surface area contributed by atoms with Crippen LogP contribution in [0.1, 0.15) is 94.9 Å². The number of carbonyl (C=O) groups is 6. The van der Waals surface area contributed by atoms with Crippen LogP contribution in [0.25, 0.3) is 0 Å². The second-order valence-electron chi connectivity index (χ2n) is 15.0. The standard InChI is InChI=1S/C40H41N3O8/c1-23(44)43-33(36(46)41-30-15-28(38(48)49)14-29(16-30)39(50)51)17-35(45)31-9-5-6-10-32(31)42(22-24-7-3-2-4-8-24)37(47)34(43)21-40-18-25-11-26(19-40)13-27(12-25)20-40/h2-10,14-16,25-27,33-34H,11-13,17-22H2,1H3,(H,41,46)(H,48,49)(H,50,51)/t25?,26?,27?,33-,34+,40?/m0/s1. The van der Waals surface area contributed by atoms with Crippen molar-refractivity contribution in [3.63, 3.8) is 0 Å². The fourth-order valence-electron chi connectivity index (χ4n) is 9.86. The minimum atomic E-state index is -1.45. The van der Waals surface area contributed by atoms with Crippen LogP contribution in [0.4, 0.5) is 11.4 Å². The molecule has 4 saturated carbocycles. The average Bonchev–Trinajstić information content (AvgIpc) is 3.11. The summed E-state index contributed by atoms with van der Waals surface area (Å²) in [4.78, 5) is 84.4. The molecule has 11 heteroatoms. The molecule has 5 aliphatic rings. The number of ketones is 1. The molecule has 0 aromatic heterocycles. The van der Waals surface area contributed by atoms with Crippen molar-refractivity contribution >= 4 is 46.8 Å². The number of rotatable bonds is 8. The van der Waals surface area contributed by atoms with Crippen LogP contribution in [0, 0.1) is 23.2 Å². The molecule has 11 nitrogen and oxygen atoms in total. The Morgan fingerprint density at radius 3 is 1.94 bits per heavy atom. The summed E-state index contributed by atoms with van der Waals surface area (Å²) in [6.07, 6.45) is 6.26. The average molecular weight is 692 g/mol. The highest BCUT2D eigenvalue weighted by atomic mass is 16.4. The van der Waals surface area contributed by atoms with E-state index in [4.69, 9.17) is 0 Å². The van der Waals surface area contributed by atoms with Crippen LogP contribution < -0.4 is 10.2 Å². The van der Waals surface area contributed by atoms with Crippen LogP contribution in [0.3, 0.4) is 0 Å². The summed E-state index contributed by atoms with van der Waals surface area (Å²) in [5, 5.41) is 21.9. The number of para-hydroxylation sites is 1. The van der Waals surface area contributed by atoms with Gasteiger partial charge in [-0.05, 0) is 104 Å². The summed E-state index contributed by atoms with van der Waals surface area (Å²) in [7, 11) is 0. The smallest absolute Gasteiger partial charge is 0.335 e. The number of fused-ring (bicyclic) bond motifs is 1. The fourth-order valence-corrected chi connectivity index (χ4v) is 9.86. The summed E-state index contributed by atoms with van der Waals surface area (Å²) in [6, 6.07) is 16.9. The van der Waals surface area contributed by atoms with Gasteiger partial charge in [0.2, 0.25) is 17.7 Å². The Morgan fingerprint density at radius 2 is 1.37 bits per heavy atom. The van der Waals surface area contributed by atoms with Crippen LogP contribution in [-0.2, 0) is 20.9 Å². The quantitative estimate of drug-likeness (QED) is 0.258. The van der Waals surface area contributed by atoms with Gasteiger partial charge in [0.15, 0.2) is 5.78 Å². The molecule has 0 spiro atoms. The van der Waals surface area contributed by atoms with Crippen molar-refractivity contribution in [2.24, 2.45) is 23.2 Å². The lowest BCUT2D eigenvalue weighted by Gasteiger charge is -2.58. The SMILES string of the molecule is CC(=O)N1[C@H](CC23CC4CC(CC(C4)C2)C3)C(=O)N(Cc2ccccc2)c2ccccc2C(=O)C[C@H]1C(=O)Nc1cc(C(=O)O)cc(C(=O)O)c1. The number of carbonyl (C=O) groups excluding carboxylic acids is 4. The summed E-state index contributed by atoms with van der Waals surface area (Å²) < 4.78 is 0. The summed E-state index contributed by atoms with van der Waals surface area (Å²) in [5.41, 5.74) is 0.419. The van der Waals surface area contributed by atoms with Gasteiger partial charge in [0.25, 0.3) is 0 Å². The molecule has 51 heavy (non-hydrogen) atoms. The predicted octanol–water partition coefficient (Wildman–Crippen LogP) is 6.03. The van der Waals surface area contributed by atoms with Gasteiger partial charge in [-0.3, -0.25) is 19.2 Å². The lowest BCUT2D eigenvalue weighted by Crippen LogP contribution is -2.60. The molecule has 3 amide bonds. The van der Waals surface area contributed by atoms with E-state index in [0.717, 1.165) is 43.0 Å². The second kappa shape index (κ2) is 13.4. The molecule has 0 radical (unpaired) electrons. The van der Waals surface area contributed by atoms with Crippen LogP contribution in [0.15, 0.2) is 72.8 Å². The van der Waals surface area contributed by atoms with Gasteiger partial charge in [0.05, 0.1) is 23.4 Å². The van der Waals surface area contributed by atoms with Gasteiger partial charge in [-0.2, -0.15) is 0 Å². The monoisotopic (exact) mass is 691 g/mol. The minimum Gasteiger partial charge on any atom is -0.478 e. The maximum Gasteiger partial charge on any atom is 0.335 e.